The maximum atomic E-state index is 12.9. The minimum absolute atomic E-state index is 0.0886. The third-order valence-electron chi connectivity index (χ3n) is 5.55. The molecule has 1 fully saturated rings. The first-order valence-electron chi connectivity index (χ1n) is 10.2. The molecule has 2 N–H and O–H groups in total. The van der Waals surface area contributed by atoms with Gasteiger partial charge in [-0.3, -0.25) is 9.59 Å². The van der Waals surface area contributed by atoms with Crippen molar-refractivity contribution in [3.05, 3.63) is 65.1 Å². The number of ketones is 1. The highest BCUT2D eigenvalue weighted by molar-refractivity contribution is 6.46. The van der Waals surface area contributed by atoms with Crippen LogP contribution in [0.25, 0.3) is 5.76 Å². The molecule has 2 heterocycles. The first-order chi connectivity index (χ1) is 14.0. The highest BCUT2D eigenvalue weighted by Gasteiger charge is 2.47. The van der Waals surface area contributed by atoms with Crippen molar-refractivity contribution in [2.75, 3.05) is 26.2 Å². The fourth-order valence-electron chi connectivity index (χ4n) is 3.86. The van der Waals surface area contributed by atoms with Crippen molar-refractivity contribution in [1.29, 1.82) is 0 Å². The fraction of sp³-hybridized carbons (Fsp3) is 0.391. The molecule has 0 unspecified atom stereocenters. The number of aliphatic hydroxyl groups is 1. The molecule has 0 radical (unpaired) electrons. The SMILES string of the molecule is CC[NH+](CC)CCCN1C(=O)C(=O)C(=C(O)c2ccccc2)[C@@H]1c1ccc(C)o1. The van der Waals surface area contributed by atoms with Gasteiger partial charge in [0.05, 0.1) is 25.2 Å². The number of amides is 1. The molecule has 154 valence electrons. The van der Waals surface area contributed by atoms with Crippen LogP contribution in [-0.4, -0.2) is 47.9 Å². The number of hydrogen-bond donors (Lipinski definition) is 2. The molecule has 1 amide bonds. The third kappa shape index (κ3) is 4.27. The van der Waals surface area contributed by atoms with Crippen molar-refractivity contribution in [2.24, 2.45) is 0 Å². The molecule has 0 bridgehead atoms. The van der Waals surface area contributed by atoms with Gasteiger partial charge < -0.3 is 19.3 Å². The van der Waals surface area contributed by atoms with Crippen LogP contribution in [0.1, 0.15) is 43.4 Å². The normalized spacial score (nSPS) is 18.8. The zero-order valence-electron chi connectivity index (χ0n) is 17.3. The van der Waals surface area contributed by atoms with Gasteiger partial charge in [0.2, 0.25) is 0 Å². The second-order valence-corrected chi connectivity index (χ2v) is 7.37. The summed E-state index contributed by atoms with van der Waals surface area (Å²) in [6.45, 7) is 9.47. The van der Waals surface area contributed by atoms with E-state index in [2.05, 4.69) is 13.8 Å². The molecule has 1 saturated heterocycles. The van der Waals surface area contributed by atoms with E-state index in [9.17, 15) is 14.7 Å². The van der Waals surface area contributed by atoms with Gasteiger partial charge in [-0.15, -0.1) is 0 Å². The van der Waals surface area contributed by atoms with Crippen LogP contribution in [0.15, 0.2) is 52.5 Å². The van der Waals surface area contributed by atoms with Crippen LogP contribution in [0.5, 0.6) is 0 Å². The van der Waals surface area contributed by atoms with Crippen LogP contribution in [-0.2, 0) is 9.59 Å². The lowest BCUT2D eigenvalue weighted by atomic mass is 9.99. The summed E-state index contributed by atoms with van der Waals surface area (Å²) < 4.78 is 5.78. The van der Waals surface area contributed by atoms with E-state index in [1.165, 1.54) is 9.80 Å². The Bertz CT molecular complexity index is 897. The lowest BCUT2D eigenvalue weighted by molar-refractivity contribution is -0.896. The summed E-state index contributed by atoms with van der Waals surface area (Å²) in [5.74, 6) is -0.233. The van der Waals surface area contributed by atoms with E-state index >= 15 is 0 Å². The van der Waals surface area contributed by atoms with E-state index in [1.807, 2.05) is 13.0 Å². The number of quaternary nitrogens is 1. The molecule has 29 heavy (non-hydrogen) atoms. The highest BCUT2D eigenvalue weighted by Crippen LogP contribution is 2.39. The Labute approximate surface area is 171 Å². The average molecular weight is 397 g/mol. The summed E-state index contributed by atoms with van der Waals surface area (Å²) in [4.78, 5) is 28.7. The summed E-state index contributed by atoms with van der Waals surface area (Å²) in [6.07, 6.45) is 0.769. The van der Waals surface area contributed by atoms with E-state index in [-0.39, 0.29) is 11.3 Å². The second-order valence-electron chi connectivity index (χ2n) is 7.37. The quantitative estimate of drug-likeness (QED) is 0.407. The molecule has 1 aromatic heterocycles. The van der Waals surface area contributed by atoms with Gasteiger partial charge in [-0.25, -0.2) is 0 Å². The molecule has 0 saturated carbocycles. The van der Waals surface area contributed by atoms with E-state index in [1.54, 1.807) is 36.4 Å². The molecule has 1 aliphatic heterocycles. The molecular formula is C23H29N2O4+. The van der Waals surface area contributed by atoms with Gasteiger partial charge in [-0.05, 0) is 32.9 Å². The molecular weight excluding hydrogens is 368 g/mol. The minimum atomic E-state index is -0.712. The van der Waals surface area contributed by atoms with Gasteiger partial charge in [-0.1, -0.05) is 30.3 Å². The Morgan fingerprint density at radius 2 is 1.79 bits per heavy atom. The topological polar surface area (TPSA) is 75.2 Å². The molecule has 0 aliphatic carbocycles. The smallest absolute Gasteiger partial charge is 0.295 e. The predicted octanol–water partition coefficient (Wildman–Crippen LogP) is 2.32. The lowest BCUT2D eigenvalue weighted by Gasteiger charge is -2.24. The number of likely N-dealkylation sites (tertiary alicyclic amines) is 1. The Morgan fingerprint density at radius 3 is 2.38 bits per heavy atom. The van der Waals surface area contributed by atoms with Gasteiger partial charge in [0.25, 0.3) is 11.7 Å². The number of hydrogen-bond acceptors (Lipinski definition) is 4. The molecule has 2 aromatic rings. The van der Waals surface area contributed by atoms with Crippen molar-refractivity contribution >= 4 is 17.4 Å². The van der Waals surface area contributed by atoms with Gasteiger partial charge in [0.15, 0.2) is 0 Å². The van der Waals surface area contributed by atoms with Gasteiger partial charge in [0.1, 0.15) is 23.3 Å². The number of furan rings is 1. The predicted molar refractivity (Wildman–Crippen MR) is 110 cm³/mol. The molecule has 1 atom stereocenters. The van der Waals surface area contributed by atoms with Gasteiger partial charge in [-0.2, -0.15) is 0 Å². The monoisotopic (exact) mass is 397 g/mol. The Morgan fingerprint density at radius 1 is 1.10 bits per heavy atom. The van der Waals surface area contributed by atoms with Gasteiger partial charge >= 0.3 is 0 Å². The number of nitrogens with zero attached hydrogens (tertiary/aromatic N) is 1. The van der Waals surface area contributed by atoms with Crippen LogP contribution in [0.3, 0.4) is 0 Å². The van der Waals surface area contributed by atoms with E-state index < -0.39 is 17.7 Å². The van der Waals surface area contributed by atoms with E-state index in [0.717, 1.165) is 26.1 Å². The van der Waals surface area contributed by atoms with Crippen molar-refractivity contribution in [1.82, 2.24) is 4.90 Å². The van der Waals surface area contributed by atoms with E-state index in [0.29, 0.717) is 23.6 Å². The summed E-state index contributed by atoms with van der Waals surface area (Å²) in [6, 6.07) is 11.7. The number of carbonyl (C=O) groups excluding carboxylic acids is 2. The number of carbonyl (C=O) groups is 2. The standard InChI is InChI=1S/C23H28N2O4/c1-4-24(5-2)14-9-15-25-20(18-13-12-16(3)29-18)19(22(27)23(25)28)21(26)17-10-7-6-8-11-17/h6-8,10-13,20,26H,4-5,9,14-15H2,1-3H3/p+1/t20-/m0/s1. The lowest BCUT2D eigenvalue weighted by Crippen LogP contribution is -3.11. The molecule has 1 aromatic carbocycles. The van der Waals surface area contributed by atoms with Crippen LogP contribution in [0.2, 0.25) is 0 Å². The van der Waals surface area contributed by atoms with Crippen molar-refractivity contribution in [3.63, 3.8) is 0 Å². The molecule has 0 spiro atoms. The number of aryl methyl sites for hydroxylation is 1. The summed E-state index contributed by atoms with van der Waals surface area (Å²) in [5, 5.41) is 10.9. The maximum absolute atomic E-state index is 12.9. The molecule has 3 rings (SSSR count). The Kier molecular flexibility index (Phi) is 6.54. The summed E-state index contributed by atoms with van der Waals surface area (Å²) in [7, 11) is 0. The maximum Gasteiger partial charge on any atom is 0.295 e. The Balaban J connectivity index is 1.97. The first kappa shape index (κ1) is 20.9. The van der Waals surface area contributed by atoms with Crippen LogP contribution in [0.4, 0.5) is 0 Å². The average Bonchev–Trinajstić information content (AvgIpc) is 3.27. The number of Topliss-reactive ketones (excluding diaryl/α,β-unsaturated/α-hetero) is 1. The fourth-order valence-corrected chi connectivity index (χ4v) is 3.86. The molecule has 6 heteroatoms. The molecule has 6 nitrogen and oxygen atoms in total. The number of nitrogens with one attached hydrogen (secondary N) is 1. The Hall–Kier alpha value is -2.86. The van der Waals surface area contributed by atoms with Crippen LogP contribution >= 0.6 is 0 Å². The summed E-state index contributed by atoms with van der Waals surface area (Å²) in [5.41, 5.74) is 0.595. The third-order valence-corrected chi connectivity index (χ3v) is 5.55. The first-order valence-corrected chi connectivity index (χ1v) is 10.2. The van der Waals surface area contributed by atoms with Crippen LogP contribution in [0, 0.1) is 6.92 Å². The largest absolute Gasteiger partial charge is 0.507 e. The number of rotatable bonds is 8. The van der Waals surface area contributed by atoms with Crippen molar-refractivity contribution in [3.8, 4) is 0 Å². The minimum Gasteiger partial charge on any atom is -0.507 e. The van der Waals surface area contributed by atoms with Gasteiger partial charge in [0, 0.05) is 18.5 Å². The van der Waals surface area contributed by atoms with E-state index in [4.69, 9.17) is 4.42 Å². The number of benzene rings is 1. The highest BCUT2D eigenvalue weighted by atomic mass is 16.3. The number of aliphatic hydroxyl groups excluding tert-OH is 1. The van der Waals surface area contributed by atoms with Crippen LogP contribution < -0.4 is 4.90 Å². The zero-order chi connectivity index (χ0) is 21.0. The van der Waals surface area contributed by atoms with Crippen molar-refractivity contribution < 1.29 is 24.0 Å². The second kappa shape index (κ2) is 9.09. The zero-order valence-corrected chi connectivity index (χ0v) is 17.3. The van der Waals surface area contributed by atoms with Crippen molar-refractivity contribution in [2.45, 2.75) is 33.2 Å². The summed E-state index contributed by atoms with van der Waals surface area (Å²) >= 11 is 0. The molecule has 1 aliphatic rings.